The number of amides is 1. The number of ether oxygens (including phenoxy) is 2. The van der Waals surface area contributed by atoms with Crippen LogP contribution in [0.1, 0.15) is 24.5 Å². The van der Waals surface area contributed by atoms with Gasteiger partial charge in [0.25, 0.3) is 5.91 Å². The molecule has 3 rings (SSSR count). The maximum absolute atomic E-state index is 11.7. The van der Waals surface area contributed by atoms with Crippen molar-refractivity contribution < 1.29 is 14.3 Å². The molecule has 0 bridgehead atoms. The molecule has 0 atom stereocenters. The summed E-state index contributed by atoms with van der Waals surface area (Å²) in [5, 5.41) is 2.61. The Morgan fingerprint density at radius 1 is 1.07 bits per heavy atom. The quantitative estimate of drug-likeness (QED) is 0.400. The van der Waals surface area contributed by atoms with Crippen molar-refractivity contribution in [3.8, 4) is 11.5 Å². The molecular formula is C21H21NO3S2. The lowest BCUT2D eigenvalue weighted by molar-refractivity contribution is -0.115. The fourth-order valence-electron chi connectivity index (χ4n) is 2.53. The number of carbonyl (C=O) groups is 1. The van der Waals surface area contributed by atoms with Crippen LogP contribution in [0.5, 0.6) is 11.5 Å². The van der Waals surface area contributed by atoms with Gasteiger partial charge in [-0.15, -0.1) is 0 Å². The second-order valence-corrected chi connectivity index (χ2v) is 7.69. The molecule has 2 aromatic carbocycles. The van der Waals surface area contributed by atoms with Gasteiger partial charge in [-0.3, -0.25) is 4.79 Å². The second-order valence-electron chi connectivity index (χ2n) is 5.97. The third-order valence-corrected chi connectivity index (χ3v) is 5.12. The SMILES string of the molecule is CCc1ccc(OCCCOc2cccc(C=C3SC(=S)NC3=O)c2)cc1. The molecule has 6 heteroatoms. The van der Waals surface area contributed by atoms with Crippen LogP contribution in [-0.2, 0) is 11.2 Å². The number of nitrogens with one attached hydrogen (secondary N) is 1. The fraction of sp³-hybridized carbons (Fsp3) is 0.238. The minimum atomic E-state index is -0.152. The van der Waals surface area contributed by atoms with Crippen molar-refractivity contribution >= 4 is 40.3 Å². The topological polar surface area (TPSA) is 47.6 Å². The highest BCUT2D eigenvalue weighted by Gasteiger charge is 2.21. The molecule has 1 saturated heterocycles. The molecule has 1 aliphatic heterocycles. The summed E-state index contributed by atoms with van der Waals surface area (Å²) in [6.07, 6.45) is 3.63. The molecule has 1 heterocycles. The van der Waals surface area contributed by atoms with E-state index < -0.39 is 0 Å². The van der Waals surface area contributed by atoms with Crippen molar-refractivity contribution in [2.45, 2.75) is 19.8 Å². The number of hydrogen-bond donors (Lipinski definition) is 1. The highest BCUT2D eigenvalue weighted by Crippen LogP contribution is 2.26. The van der Waals surface area contributed by atoms with Crippen LogP contribution in [0.3, 0.4) is 0 Å². The van der Waals surface area contributed by atoms with Gasteiger partial charge < -0.3 is 14.8 Å². The Bertz CT molecular complexity index is 847. The minimum Gasteiger partial charge on any atom is -0.493 e. The first-order valence-electron chi connectivity index (χ1n) is 8.83. The number of hydrogen-bond acceptors (Lipinski definition) is 5. The maximum Gasteiger partial charge on any atom is 0.263 e. The lowest BCUT2D eigenvalue weighted by Crippen LogP contribution is -2.17. The van der Waals surface area contributed by atoms with E-state index in [0.717, 1.165) is 29.9 Å². The van der Waals surface area contributed by atoms with E-state index >= 15 is 0 Å². The molecule has 0 aliphatic carbocycles. The fourth-order valence-corrected chi connectivity index (χ4v) is 3.57. The third-order valence-electron chi connectivity index (χ3n) is 3.96. The zero-order valence-corrected chi connectivity index (χ0v) is 16.7. The first kappa shape index (κ1) is 19.5. The predicted molar refractivity (Wildman–Crippen MR) is 114 cm³/mol. The lowest BCUT2D eigenvalue weighted by atomic mass is 10.2. The summed E-state index contributed by atoms with van der Waals surface area (Å²) in [6.45, 7) is 3.30. The summed E-state index contributed by atoms with van der Waals surface area (Å²) in [6, 6.07) is 15.8. The van der Waals surface area contributed by atoms with E-state index in [1.807, 2.05) is 42.5 Å². The van der Waals surface area contributed by atoms with Crippen LogP contribution in [0.25, 0.3) is 6.08 Å². The van der Waals surface area contributed by atoms with Gasteiger partial charge in [0.15, 0.2) is 0 Å². The molecule has 2 aromatic rings. The first-order valence-corrected chi connectivity index (χ1v) is 10.1. The Balaban J connectivity index is 1.45. The summed E-state index contributed by atoms with van der Waals surface area (Å²) in [5.41, 5.74) is 2.21. The van der Waals surface area contributed by atoms with Gasteiger partial charge in [-0.2, -0.15) is 0 Å². The molecule has 0 unspecified atom stereocenters. The minimum absolute atomic E-state index is 0.152. The van der Waals surface area contributed by atoms with E-state index in [4.69, 9.17) is 21.7 Å². The van der Waals surface area contributed by atoms with Crippen molar-refractivity contribution in [1.29, 1.82) is 0 Å². The zero-order valence-electron chi connectivity index (χ0n) is 15.1. The van der Waals surface area contributed by atoms with Crippen LogP contribution < -0.4 is 14.8 Å². The largest absolute Gasteiger partial charge is 0.493 e. The summed E-state index contributed by atoms with van der Waals surface area (Å²) in [5.74, 6) is 1.49. The van der Waals surface area contributed by atoms with Gasteiger partial charge in [-0.25, -0.2) is 0 Å². The first-order chi connectivity index (χ1) is 13.1. The van der Waals surface area contributed by atoms with Gasteiger partial charge in [-0.1, -0.05) is 55.2 Å². The van der Waals surface area contributed by atoms with E-state index in [2.05, 4.69) is 24.4 Å². The van der Waals surface area contributed by atoms with E-state index in [0.29, 0.717) is 22.4 Å². The van der Waals surface area contributed by atoms with Crippen LogP contribution in [-0.4, -0.2) is 23.4 Å². The number of aryl methyl sites for hydroxylation is 1. The Morgan fingerprint density at radius 2 is 1.81 bits per heavy atom. The average molecular weight is 400 g/mol. The van der Waals surface area contributed by atoms with Crippen LogP contribution in [0, 0.1) is 0 Å². The Labute approximate surface area is 168 Å². The van der Waals surface area contributed by atoms with Crippen molar-refractivity contribution in [2.24, 2.45) is 0 Å². The predicted octanol–water partition coefficient (Wildman–Crippen LogP) is 4.59. The monoisotopic (exact) mass is 399 g/mol. The third kappa shape index (κ3) is 5.84. The van der Waals surface area contributed by atoms with E-state index in [-0.39, 0.29) is 5.91 Å². The van der Waals surface area contributed by atoms with Crippen LogP contribution in [0.2, 0.25) is 0 Å². The van der Waals surface area contributed by atoms with Crippen molar-refractivity contribution in [3.05, 3.63) is 64.6 Å². The highest BCUT2D eigenvalue weighted by atomic mass is 32.2. The van der Waals surface area contributed by atoms with Crippen LogP contribution >= 0.6 is 24.0 Å². The molecule has 1 amide bonds. The van der Waals surface area contributed by atoms with E-state index in [1.54, 1.807) is 0 Å². The number of thiocarbonyl (C=S) groups is 1. The van der Waals surface area contributed by atoms with Crippen molar-refractivity contribution in [2.75, 3.05) is 13.2 Å². The molecule has 0 saturated carbocycles. The van der Waals surface area contributed by atoms with Gasteiger partial charge in [0, 0.05) is 6.42 Å². The van der Waals surface area contributed by atoms with E-state index in [9.17, 15) is 4.79 Å². The highest BCUT2D eigenvalue weighted by molar-refractivity contribution is 8.26. The van der Waals surface area contributed by atoms with Crippen molar-refractivity contribution in [1.82, 2.24) is 5.32 Å². The second kappa shape index (κ2) is 9.58. The van der Waals surface area contributed by atoms with Crippen LogP contribution in [0.15, 0.2) is 53.4 Å². The lowest BCUT2D eigenvalue weighted by Gasteiger charge is -2.09. The Kier molecular flexibility index (Phi) is 6.90. The number of rotatable bonds is 8. The molecular weight excluding hydrogens is 378 g/mol. The number of thioether (sulfide) groups is 1. The Hall–Kier alpha value is -2.31. The van der Waals surface area contributed by atoms with Gasteiger partial charge in [0.2, 0.25) is 0 Å². The molecule has 1 aliphatic rings. The van der Waals surface area contributed by atoms with Gasteiger partial charge in [-0.05, 0) is 47.9 Å². The summed E-state index contributed by atoms with van der Waals surface area (Å²) < 4.78 is 12.0. The van der Waals surface area contributed by atoms with Gasteiger partial charge >= 0.3 is 0 Å². The van der Waals surface area contributed by atoms with Crippen molar-refractivity contribution in [3.63, 3.8) is 0 Å². The molecule has 1 fully saturated rings. The molecule has 27 heavy (non-hydrogen) atoms. The zero-order chi connectivity index (χ0) is 19.1. The normalized spacial score (nSPS) is 15.1. The molecule has 0 spiro atoms. The van der Waals surface area contributed by atoms with Crippen LogP contribution in [0.4, 0.5) is 0 Å². The van der Waals surface area contributed by atoms with Gasteiger partial charge in [0.05, 0.1) is 18.1 Å². The average Bonchev–Trinajstić information content (AvgIpc) is 2.99. The summed E-state index contributed by atoms with van der Waals surface area (Å²) in [4.78, 5) is 12.3. The number of carbonyl (C=O) groups excluding carboxylic acids is 1. The standard InChI is InChI=1S/C21H21NO3S2/c1-2-15-7-9-17(10-8-15)24-11-4-12-25-18-6-3-5-16(13-18)14-19-20(23)22-21(26)27-19/h3,5-10,13-14H,2,4,11-12H2,1H3,(H,22,23,26). The molecule has 1 N–H and O–H groups in total. The molecule has 4 nitrogen and oxygen atoms in total. The van der Waals surface area contributed by atoms with E-state index in [1.165, 1.54) is 17.3 Å². The molecule has 0 radical (unpaired) electrons. The maximum atomic E-state index is 11.7. The summed E-state index contributed by atoms with van der Waals surface area (Å²) in [7, 11) is 0. The number of benzene rings is 2. The Morgan fingerprint density at radius 3 is 2.48 bits per heavy atom. The molecule has 0 aromatic heterocycles. The summed E-state index contributed by atoms with van der Waals surface area (Å²) >= 11 is 6.27. The molecule has 140 valence electrons. The van der Waals surface area contributed by atoms with Gasteiger partial charge in [0.1, 0.15) is 15.8 Å². The smallest absolute Gasteiger partial charge is 0.263 e.